The van der Waals surface area contributed by atoms with Crippen molar-refractivity contribution in [2.75, 3.05) is 37.5 Å². The Kier molecular flexibility index (Phi) is 3.02. The summed E-state index contributed by atoms with van der Waals surface area (Å²) in [5, 5.41) is 2.94. The van der Waals surface area contributed by atoms with Crippen LogP contribution in [0.3, 0.4) is 0 Å². The van der Waals surface area contributed by atoms with Gasteiger partial charge in [-0.3, -0.25) is 0 Å². The van der Waals surface area contributed by atoms with Gasteiger partial charge in [-0.05, 0) is 25.8 Å². The number of aryl methyl sites for hydroxylation is 1. The largest absolute Gasteiger partial charge is 0.343 e. The van der Waals surface area contributed by atoms with Gasteiger partial charge < -0.3 is 15.3 Å². The molecule has 0 radical (unpaired) electrons. The number of aromatic amines is 1. The molecule has 2 N–H and O–H groups in total. The Morgan fingerprint density at radius 1 is 1.26 bits per heavy atom. The summed E-state index contributed by atoms with van der Waals surface area (Å²) in [5.41, 5.74) is 5.26. The van der Waals surface area contributed by atoms with Gasteiger partial charge in [0.15, 0.2) is 5.82 Å². The molecule has 1 saturated heterocycles. The van der Waals surface area contributed by atoms with E-state index >= 15 is 0 Å². The number of hydrogen-bond donors (Lipinski definition) is 2. The molecule has 1 aliphatic rings. The third kappa shape index (κ3) is 2.35. The molecule has 0 aliphatic carbocycles. The molecule has 0 unspecified atom stereocenters. The van der Waals surface area contributed by atoms with Crippen molar-refractivity contribution < 1.29 is 0 Å². The fourth-order valence-corrected chi connectivity index (χ4v) is 2.48. The molecule has 0 aromatic carbocycles. The molecule has 3 heterocycles. The normalized spacial score (nSPS) is 15.7. The number of aromatic nitrogens is 3. The van der Waals surface area contributed by atoms with Gasteiger partial charge in [-0.2, -0.15) is 9.97 Å². The van der Waals surface area contributed by atoms with Crippen LogP contribution in [0, 0.1) is 6.92 Å². The van der Waals surface area contributed by atoms with E-state index in [0.29, 0.717) is 0 Å². The topological polar surface area (TPSA) is 60.1 Å². The first-order valence-electron chi connectivity index (χ1n) is 6.70. The van der Waals surface area contributed by atoms with E-state index in [-0.39, 0.29) is 0 Å². The van der Waals surface area contributed by atoms with Gasteiger partial charge in [0.05, 0.1) is 5.39 Å². The summed E-state index contributed by atoms with van der Waals surface area (Å²) in [6.45, 7) is 4.13. The highest BCUT2D eigenvalue weighted by Crippen LogP contribution is 2.25. The monoisotopic (exact) mass is 260 g/mol. The number of fused-ring (bicyclic) bond motifs is 1. The van der Waals surface area contributed by atoms with Crippen LogP contribution in [0.4, 0.5) is 11.8 Å². The molecule has 2 aromatic heterocycles. The molecular weight excluding hydrogens is 240 g/mol. The number of rotatable bonds is 3. The Bertz CT molecular complexity index is 582. The second-order valence-electron chi connectivity index (χ2n) is 5.29. The summed E-state index contributed by atoms with van der Waals surface area (Å²) < 4.78 is 0. The molecule has 0 spiro atoms. The minimum atomic E-state index is 0.816. The lowest BCUT2D eigenvalue weighted by atomic mass is 10.3. The fourth-order valence-electron chi connectivity index (χ4n) is 2.48. The Labute approximate surface area is 112 Å². The number of H-pyrrole nitrogens is 1. The molecule has 0 atom stereocenters. The summed E-state index contributed by atoms with van der Waals surface area (Å²) >= 11 is 0. The van der Waals surface area contributed by atoms with Crippen LogP contribution in [-0.4, -0.2) is 47.1 Å². The van der Waals surface area contributed by atoms with Crippen LogP contribution < -0.4 is 10.3 Å². The number of nitrogens with zero attached hydrogens (tertiary/aromatic N) is 4. The van der Waals surface area contributed by atoms with E-state index in [1.54, 1.807) is 0 Å². The highest BCUT2D eigenvalue weighted by molar-refractivity contribution is 5.88. The number of hydrazine groups is 1. The van der Waals surface area contributed by atoms with Gasteiger partial charge >= 0.3 is 0 Å². The minimum Gasteiger partial charge on any atom is -0.343 e. The average molecular weight is 260 g/mol. The maximum atomic E-state index is 4.68. The fraction of sp³-hybridized carbons (Fsp3) is 0.538. The first-order chi connectivity index (χ1) is 9.13. The Morgan fingerprint density at radius 3 is 2.68 bits per heavy atom. The van der Waals surface area contributed by atoms with Crippen LogP contribution in [0.5, 0.6) is 0 Å². The number of hydrogen-bond acceptors (Lipinski definition) is 5. The van der Waals surface area contributed by atoms with E-state index in [4.69, 9.17) is 0 Å². The molecule has 1 aliphatic heterocycles. The maximum absolute atomic E-state index is 4.68. The van der Waals surface area contributed by atoms with Crippen LogP contribution in [0.2, 0.25) is 0 Å². The zero-order chi connectivity index (χ0) is 13.4. The van der Waals surface area contributed by atoms with Gasteiger partial charge in [0.1, 0.15) is 5.65 Å². The lowest BCUT2D eigenvalue weighted by Gasteiger charge is -2.18. The second kappa shape index (κ2) is 4.70. The lowest BCUT2D eigenvalue weighted by molar-refractivity contribution is 0.493. The van der Waals surface area contributed by atoms with Gasteiger partial charge in [-0.25, -0.2) is 5.01 Å². The van der Waals surface area contributed by atoms with Gasteiger partial charge in [0.2, 0.25) is 5.95 Å². The molecule has 102 valence electrons. The molecule has 2 aromatic rings. The smallest absolute Gasteiger partial charge is 0.229 e. The van der Waals surface area contributed by atoms with Crippen LogP contribution in [-0.2, 0) is 0 Å². The van der Waals surface area contributed by atoms with Crippen molar-refractivity contribution in [1.29, 1.82) is 0 Å². The summed E-state index contributed by atoms with van der Waals surface area (Å²) in [7, 11) is 3.92. The molecule has 19 heavy (non-hydrogen) atoms. The predicted molar refractivity (Wildman–Crippen MR) is 77.4 cm³/mol. The molecule has 0 bridgehead atoms. The highest BCUT2D eigenvalue weighted by Gasteiger charge is 2.18. The van der Waals surface area contributed by atoms with Gasteiger partial charge in [0, 0.05) is 32.9 Å². The molecule has 1 fully saturated rings. The van der Waals surface area contributed by atoms with Crippen LogP contribution >= 0.6 is 0 Å². The van der Waals surface area contributed by atoms with E-state index in [9.17, 15) is 0 Å². The van der Waals surface area contributed by atoms with Gasteiger partial charge in [-0.15, -0.1) is 0 Å². The molecule has 0 saturated carbocycles. The summed E-state index contributed by atoms with van der Waals surface area (Å²) in [4.78, 5) is 14.9. The maximum Gasteiger partial charge on any atom is 0.229 e. The zero-order valence-electron chi connectivity index (χ0n) is 11.7. The summed E-state index contributed by atoms with van der Waals surface area (Å²) in [6, 6.07) is 2.08. The average Bonchev–Trinajstić information content (AvgIpc) is 2.95. The van der Waals surface area contributed by atoms with Crippen LogP contribution in [0.1, 0.15) is 18.5 Å². The molecular formula is C13H20N6. The van der Waals surface area contributed by atoms with Crippen LogP contribution in [0.15, 0.2) is 6.07 Å². The number of anilines is 2. The van der Waals surface area contributed by atoms with Crippen molar-refractivity contribution >= 4 is 22.8 Å². The quantitative estimate of drug-likeness (QED) is 0.823. The van der Waals surface area contributed by atoms with E-state index < -0.39 is 0 Å². The van der Waals surface area contributed by atoms with E-state index in [0.717, 1.165) is 41.6 Å². The van der Waals surface area contributed by atoms with Crippen molar-refractivity contribution in [3.05, 3.63) is 11.8 Å². The van der Waals surface area contributed by atoms with Crippen molar-refractivity contribution in [2.45, 2.75) is 19.8 Å². The van der Waals surface area contributed by atoms with Crippen molar-refractivity contribution in [3.8, 4) is 0 Å². The van der Waals surface area contributed by atoms with Gasteiger partial charge in [0.25, 0.3) is 0 Å². The molecule has 6 nitrogen and oxygen atoms in total. The third-order valence-corrected chi connectivity index (χ3v) is 3.33. The second-order valence-corrected chi connectivity index (χ2v) is 5.29. The first kappa shape index (κ1) is 12.2. The molecule has 3 rings (SSSR count). The van der Waals surface area contributed by atoms with E-state index in [1.165, 1.54) is 12.8 Å². The van der Waals surface area contributed by atoms with E-state index in [2.05, 4.69) is 31.3 Å². The standard InChI is InChI=1S/C13H20N6/c1-9-8-10-11(14-9)15-13(19-6-4-5-7-19)16-12(10)17-18(2)3/h8H,4-7H2,1-3H3,(H2,14,15,16,17). The van der Waals surface area contributed by atoms with Crippen molar-refractivity contribution in [3.63, 3.8) is 0 Å². The van der Waals surface area contributed by atoms with Crippen molar-refractivity contribution in [2.24, 2.45) is 0 Å². The number of nitrogens with one attached hydrogen (secondary N) is 2. The lowest BCUT2D eigenvalue weighted by Crippen LogP contribution is -2.24. The van der Waals surface area contributed by atoms with Gasteiger partial charge in [-0.1, -0.05) is 0 Å². The molecule has 6 heteroatoms. The Balaban J connectivity index is 2.08. The molecule has 0 amide bonds. The predicted octanol–water partition coefficient (Wildman–Crippen LogP) is 1.76. The summed E-state index contributed by atoms with van der Waals surface area (Å²) in [6.07, 6.45) is 2.45. The van der Waals surface area contributed by atoms with Crippen LogP contribution in [0.25, 0.3) is 11.0 Å². The minimum absolute atomic E-state index is 0.816. The Hall–Kier alpha value is -1.82. The third-order valence-electron chi connectivity index (χ3n) is 3.33. The first-order valence-corrected chi connectivity index (χ1v) is 6.70. The summed E-state index contributed by atoms with van der Waals surface area (Å²) in [5.74, 6) is 1.68. The zero-order valence-corrected chi connectivity index (χ0v) is 11.7. The Morgan fingerprint density at radius 2 is 2.00 bits per heavy atom. The highest BCUT2D eigenvalue weighted by atomic mass is 15.5. The van der Waals surface area contributed by atoms with Crippen molar-refractivity contribution in [1.82, 2.24) is 20.0 Å². The SMILES string of the molecule is Cc1cc2c(NN(C)C)nc(N3CCCC3)nc2[nH]1. The van der Waals surface area contributed by atoms with E-state index in [1.807, 2.05) is 26.0 Å².